The summed E-state index contributed by atoms with van der Waals surface area (Å²) in [6.45, 7) is 1.29. The number of benzene rings is 1. The minimum absolute atomic E-state index is 0.168. The van der Waals surface area contributed by atoms with Crippen molar-refractivity contribution < 1.29 is 18.8 Å². The van der Waals surface area contributed by atoms with Gasteiger partial charge < -0.3 is 14.5 Å². The molecular weight excluding hydrogens is 401 g/mol. The van der Waals surface area contributed by atoms with Crippen molar-refractivity contribution >= 4 is 34.7 Å². The molecule has 0 spiro atoms. The highest BCUT2D eigenvalue weighted by atomic mass is 35.5. The molecule has 0 bridgehead atoms. The number of aromatic nitrogens is 4. The molecule has 2 aromatic heterocycles. The Balaban J connectivity index is 1.36. The van der Waals surface area contributed by atoms with Gasteiger partial charge in [0.15, 0.2) is 0 Å². The quantitative estimate of drug-likeness (QED) is 0.590. The highest BCUT2D eigenvalue weighted by Gasteiger charge is 2.24. The number of hydrogen-bond donors (Lipinski definition) is 0. The molecule has 3 aromatic rings. The van der Waals surface area contributed by atoms with Crippen LogP contribution < -0.4 is 4.84 Å². The van der Waals surface area contributed by atoms with E-state index >= 15 is 0 Å². The molecule has 29 heavy (non-hydrogen) atoms. The monoisotopic (exact) mass is 417 g/mol. The van der Waals surface area contributed by atoms with Gasteiger partial charge in [0.1, 0.15) is 24.0 Å². The zero-order valence-electron chi connectivity index (χ0n) is 15.2. The van der Waals surface area contributed by atoms with E-state index in [9.17, 15) is 9.18 Å². The lowest BCUT2D eigenvalue weighted by Gasteiger charge is -2.31. The number of hydrogen-bond acceptors (Lipinski definition) is 6. The van der Waals surface area contributed by atoms with Crippen molar-refractivity contribution in [1.29, 1.82) is 0 Å². The molecule has 4 rings (SSSR count). The van der Waals surface area contributed by atoms with Crippen LogP contribution in [0.2, 0.25) is 5.02 Å². The Bertz CT molecular complexity index is 1040. The molecule has 8 nitrogen and oxygen atoms in total. The van der Waals surface area contributed by atoms with Gasteiger partial charge in [-0.1, -0.05) is 22.5 Å². The molecule has 1 saturated heterocycles. The maximum absolute atomic E-state index is 13.8. The average molecular weight is 418 g/mol. The van der Waals surface area contributed by atoms with Gasteiger partial charge in [0.25, 0.3) is 0 Å². The Hall–Kier alpha value is -3.04. The average Bonchev–Trinajstić information content (AvgIpc) is 3.15. The molecule has 1 aromatic carbocycles. The Morgan fingerprint density at radius 2 is 2.28 bits per heavy atom. The van der Waals surface area contributed by atoms with Gasteiger partial charge in [-0.05, 0) is 35.6 Å². The second-order valence-corrected chi connectivity index (χ2v) is 6.76. The van der Waals surface area contributed by atoms with Crippen molar-refractivity contribution in [1.82, 2.24) is 25.0 Å². The summed E-state index contributed by atoms with van der Waals surface area (Å²) in [5.41, 5.74) is 1.30. The van der Waals surface area contributed by atoms with Gasteiger partial charge in [-0.25, -0.2) is 9.37 Å². The van der Waals surface area contributed by atoms with E-state index in [2.05, 4.69) is 15.3 Å². The SMILES string of the molecule is O=C(/C=C/c1c(F)cccc1Cl)N1CCOC(COn2nnc3cccnc32)C1. The van der Waals surface area contributed by atoms with E-state index in [0.717, 1.165) is 0 Å². The first-order valence-corrected chi connectivity index (χ1v) is 9.32. The Labute approximate surface area is 170 Å². The number of nitrogens with zero attached hydrogens (tertiary/aromatic N) is 5. The normalized spacial score (nSPS) is 17.2. The lowest BCUT2D eigenvalue weighted by molar-refractivity contribution is -0.136. The Morgan fingerprint density at radius 1 is 1.38 bits per heavy atom. The van der Waals surface area contributed by atoms with Crippen LogP contribution >= 0.6 is 11.6 Å². The number of carbonyl (C=O) groups excluding carboxylic acids is 1. The summed E-state index contributed by atoms with van der Waals surface area (Å²) in [4.78, 5) is 25.1. The molecule has 3 heterocycles. The van der Waals surface area contributed by atoms with Crippen molar-refractivity contribution in [3.05, 3.63) is 59.0 Å². The standard InChI is InChI=1S/C19H17ClFN5O3/c20-15-3-1-4-16(21)14(15)6-7-18(27)25-9-10-28-13(11-25)12-29-26-19-17(23-24-26)5-2-8-22-19/h1-8,13H,9-12H2/b7-6+. The topological polar surface area (TPSA) is 82.4 Å². The first kappa shape index (κ1) is 19.3. The Kier molecular flexibility index (Phi) is 5.68. The van der Waals surface area contributed by atoms with Crippen LogP contribution in [0.1, 0.15) is 5.56 Å². The fraction of sp³-hybridized carbons (Fsp3) is 0.263. The van der Waals surface area contributed by atoms with Crippen LogP contribution in [0.3, 0.4) is 0 Å². The number of amides is 1. The fourth-order valence-electron chi connectivity index (χ4n) is 2.94. The van der Waals surface area contributed by atoms with Crippen LogP contribution in [0.25, 0.3) is 17.2 Å². The number of carbonyl (C=O) groups is 1. The van der Waals surface area contributed by atoms with Gasteiger partial charge >= 0.3 is 0 Å². The van der Waals surface area contributed by atoms with Crippen molar-refractivity contribution in [2.75, 3.05) is 26.3 Å². The van der Waals surface area contributed by atoms with E-state index in [0.29, 0.717) is 30.9 Å². The van der Waals surface area contributed by atoms with Gasteiger partial charge in [0, 0.05) is 24.4 Å². The largest absolute Gasteiger partial charge is 0.391 e. The van der Waals surface area contributed by atoms with E-state index in [1.807, 2.05) is 0 Å². The molecule has 0 radical (unpaired) electrons. The number of rotatable bonds is 5. The predicted molar refractivity (Wildman–Crippen MR) is 104 cm³/mol. The Morgan fingerprint density at radius 3 is 3.14 bits per heavy atom. The summed E-state index contributed by atoms with van der Waals surface area (Å²) in [5.74, 6) is -0.742. The molecule has 0 aliphatic carbocycles. The molecule has 0 N–H and O–H groups in total. The number of fused-ring (bicyclic) bond motifs is 1. The summed E-state index contributed by atoms with van der Waals surface area (Å²) >= 11 is 5.98. The lowest BCUT2D eigenvalue weighted by Crippen LogP contribution is -2.47. The van der Waals surface area contributed by atoms with E-state index in [4.69, 9.17) is 21.2 Å². The fourth-order valence-corrected chi connectivity index (χ4v) is 3.16. The number of ether oxygens (including phenoxy) is 1. The summed E-state index contributed by atoms with van der Waals surface area (Å²) in [6.07, 6.45) is 3.97. The van der Waals surface area contributed by atoms with Crippen LogP contribution in [0.15, 0.2) is 42.6 Å². The van der Waals surface area contributed by atoms with Gasteiger partial charge in [-0.2, -0.15) is 0 Å². The van der Waals surface area contributed by atoms with E-state index in [-0.39, 0.29) is 29.2 Å². The predicted octanol–water partition coefficient (Wildman–Crippen LogP) is 1.99. The maximum Gasteiger partial charge on any atom is 0.246 e. The molecule has 150 valence electrons. The number of halogens is 2. The zero-order valence-corrected chi connectivity index (χ0v) is 16.0. The third kappa shape index (κ3) is 4.36. The van der Waals surface area contributed by atoms with Crippen LogP contribution in [-0.2, 0) is 9.53 Å². The molecule has 1 amide bonds. The van der Waals surface area contributed by atoms with Crippen molar-refractivity contribution in [3.63, 3.8) is 0 Å². The highest BCUT2D eigenvalue weighted by molar-refractivity contribution is 6.32. The maximum atomic E-state index is 13.8. The van der Waals surface area contributed by atoms with Gasteiger partial charge in [-0.3, -0.25) is 4.79 Å². The molecule has 1 fully saturated rings. The molecule has 1 unspecified atom stereocenters. The van der Waals surface area contributed by atoms with Gasteiger partial charge in [-0.15, -0.1) is 5.10 Å². The van der Waals surface area contributed by atoms with Crippen LogP contribution in [0.4, 0.5) is 4.39 Å². The third-order valence-electron chi connectivity index (χ3n) is 4.41. The second kappa shape index (κ2) is 8.54. The minimum Gasteiger partial charge on any atom is -0.391 e. The summed E-state index contributed by atoms with van der Waals surface area (Å²) in [5, 5.41) is 8.11. The highest BCUT2D eigenvalue weighted by Crippen LogP contribution is 2.20. The van der Waals surface area contributed by atoms with Crippen LogP contribution in [0.5, 0.6) is 0 Å². The van der Waals surface area contributed by atoms with Crippen molar-refractivity contribution in [3.8, 4) is 0 Å². The van der Waals surface area contributed by atoms with E-state index in [1.54, 1.807) is 29.3 Å². The molecule has 10 heteroatoms. The summed E-state index contributed by atoms with van der Waals surface area (Å²) in [6, 6.07) is 7.91. The summed E-state index contributed by atoms with van der Waals surface area (Å²) < 4.78 is 19.5. The van der Waals surface area contributed by atoms with Crippen LogP contribution in [0, 0.1) is 5.82 Å². The molecule has 1 aliphatic heterocycles. The lowest BCUT2D eigenvalue weighted by atomic mass is 10.2. The van der Waals surface area contributed by atoms with E-state index in [1.165, 1.54) is 29.1 Å². The molecule has 1 atom stereocenters. The van der Waals surface area contributed by atoms with Gasteiger partial charge in [0.2, 0.25) is 11.6 Å². The minimum atomic E-state index is -0.483. The second-order valence-electron chi connectivity index (χ2n) is 6.35. The van der Waals surface area contributed by atoms with Gasteiger partial charge in [0.05, 0.1) is 18.2 Å². The third-order valence-corrected chi connectivity index (χ3v) is 4.74. The van der Waals surface area contributed by atoms with Crippen molar-refractivity contribution in [2.24, 2.45) is 0 Å². The number of morpholine rings is 1. The number of pyridine rings is 1. The smallest absolute Gasteiger partial charge is 0.246 e. The first-order valence-electron chi connectivity index (χ1n) is 8.94. The zero-order chi connectivity index (χ0) is 20.2. The summed E-state index contributed by atoms with van der Waals surface area (Å²) in [7, 11) is 0. The molecule has 0 saturated carbocycles. The molecular formula is C19H17ClFN5O3. The first-order chi connectivity index (χ1) is 14.1. The molecule has 1 aliphatic rings. The van der Waals surface area contributed by atoms with Crippen molar-refractivity contribution in [2.45, 2.75) is 6.10 Å². The van der Waals surface area contributed by atoms with Crippen LogP contribution in [-0.4, -0.2) is 63.4 Å². The van der Waals surface area contributed by atoms with E-state index < -0.39 is 5.82 Å².